The summed E-state index contributed by atoms with van der Waals surface area (Å²) in [6, 6.07) is 14.4. The quantitative estimate of drug-likeness (QED) is 0.714. The van der Waals surface area contributed by atoms with Gasteiger partial charge in [0.15, 0.2) is 0 Å². The molecule has 2 N–H and O–H groups in total. The zero-order chi connectivity index (χ0) is 16.8. The van der Waals surface area contributed by atoms with Crippen molar-refractivity contribution in [1.29, 1.82) is 0 Å². The molecule has 0 amide bonds. The van der Waals surface area contributed by atoms with Gasteiger partial charge in [0.05, 0.1) is 0 Å². The van der Waals surface area contributed by atoms with Crippen molar-refractivity contribution in [3.05, 3.63) is 78.0 Å². The van der Waals surface area contributed by atoms with Crippen molar-refractivity contribution in [2.24, 2.45) is 0 Å². The fourth-order valence-corrected chi connectivity index (χ4v) is 2.21. The molecule has 2 aromatic carbocycles. The fraction of sp³-hybridized carbons (Fsp3) is 0.111. The lowest BCUT2D eigenvalue weighted by Crippen LogP contribution is -2.08. The third-order valence-corrected chi connectivity index (χ3v) is 3.41. The van der Waals surface area contributed by atoms with E-state index in [1.54, 1.807) is 36.5 Å². The Morgan fingerprint density at radius 2 is 1.71 bits per heavy atom. The summed E-state index contributed by atoms with van der Waals surface area (Å²) in [7, 11) is 0. The van der Waals surface area contributed by atoms with E-state index in [4.69, 9.17) is 0 Å². The van der Waals surface area contributed by atoms with E-state index in [1.165, 1.54) is 18.2 Å². The second kappa shape index (κ2) is 7.50. The molecule has 0 saturated carbocycles. The van der Waals surface area contributed by atoms with Crippen LogP contribution in [-0.2, 0) is 6.42 Å². The maximum atomic E-state index is 13.6. The van der Waals surface area contributed by atoms with Gasteiger partial charge in [0.25, 0.3) is 0 Å². The molecule has 0 saturated heterocycles. The van der Waals surface area contributed by atoms with Gasteiger partial charge in [-0.3, -0.25) is 0 Å². The maximum absolute atomic E-state index is 13.6. The van der Waals surface area contributed by atoms with E-state index in [2.05, 4.69) is 20.6 Å². The van der Waals surface area contributed by atoms with Crippen LogP contribution >= 0.6 is 0 Å². The van der Waals surface area contributed by atoms with Gasteiger partial charge in [0.2, 0.25) is 5.95 Å². The third-order valence-electron chi connectivity index (χ3n) is 3.41. The monoisotopic (exact) mass is 326 g/mol. The molecule has 0 radical (unpaired) electrons. The largest absolute Gasteiger partial charge is 0.370 e. The molecular weight excluding hydrogens is 310 g/mol. The van der Waals surface area contributed by atoms with Crippen LogP contribution in [-0.4, -0.2) is 16.5 Å². The number of aromatic nitrogens is 2. The second-order valence-corrected chi connectivity index (χ2v) is 5.17. The lowest BCUT2D eigenvalue weighted by molar-refractivity contribution is 0.610. The first-order chi connectivity index (χ1) is 11.7. The average Bonchev–Trinajstić information content (AvgIpc) is 2.59. The molecule has 0 spiro atoms. The highest BCUT2D eigenvalue weighted by Gasteiger charge is 2.03. The van der Waals surface area contributed by atoms with Crippen molar-refractivity contribution in [3.8, 4) is 0 Å². The van der Waals surface area contributed by atoms with Crippen molar-refractivity contribution >= 4 is 17.5 Å². The molecule has 0 unspecified atom stereocenters. The van der Waals surface area contributed by atoms with E-state index in [0.29, 0.717) is 36.0 Å². The van der Waals surface area contributed by atoms with E-state index >= 15 is 0 Å². The molecule has 0 bridgehead atoms. The molecule has 3 aromatic rings. The van der Waals surface area contributed by atoms with E-state index in [-0.39, 0.29) is 11.6 Å². The summed E-state index contributed by atoms with van der Waals surface area (Å²) in [6.07, 6.45) is 2.17. The number of hydrogen-bond acceptors (Lipinski definition) is 4. The number of rotatable bonds is 6. The molecule has 1 aromatic heterocycles. The van der Waals surface area contributed by atoms with Crippen LogP contribution in [0.15, 0.2) is 60.8 Å². The number of anilines is 3. The molecular formula is C18H16F2N4. The predicted octanol–water partition coefficient (Wildman–Crippen LogP) is 4.15. The Kier molecular flexibility index (Phi) is 4.96. The van der Waals surface area contributed by atoms with Crippen molar-refractivity contribution < 1.29 is 8.78 Å². The molecule has 1 heterocycles. The van der Waals surface area contributed by atoms with Gasteiger partial charge in [-0.2, -0.15) is 4.98 Å². The first kappa shape index (κ1) is 15.9. The summed E-state index contributed by atoms with van der Waals surface area (Å²) < 4.78 is 26.5. The van der Waals surface area contributed by atoms with Crippen molar-refractivity contribution in [2.75, 3.05) is 17.2 Å². The zero-order valence-corrected chi connectivity index (χ0v) is 12.8. The van der Waals surface area contributed by atoms with Gasteiger partial charge in [-0.05, 0) is 48.4 Å². The molecule has 0 aliphatic heterocycles. The SMILES string of the molecule is Fc1ccc(Nc2nccc(NCCc3ccccc3F)n2)cc1. The van der Waals surface area contributed by atoms with Crippen LogP contribution in [0.3, 0.4) is 0 Å². The number of benzene rings is 2. The van der Waals surface area contributed by atoms with Crippen molar-refractivity contribution in [2.45, 2.75) is 6.42 Å². The number of hydrogen-bond donors (Lipinski definition) is 2. The van der Waals surface area contributed by atoms with Crippen molar-refractivity contribution in [3.63, 3.8) is 0 Å². The Morgan fingerprint density at radius 1 is 0.917 bits per heavy atom. The fourth-order valence-electron chi connectivity index (χ4n) is 2.21. The first-order valence-electron chi connectivity index (χ1n) is 7.53. The highest BCUT2D eigenvalue weighted by molar-refractivity contribution is 5.54. The molecule has 0 fully saturated rings. The van der Waals surface area contributed by atoms with Gasteiger partial charge < -0.3 is 10.6 Å². The summed E-state index contributed by atoms with van der Waals surface area (Å²) >= 11 is 0. The van der Waals surface area contributed by atoms with Crippen LogP contribution in [0.2, 0.25) is 0 Å². The van der Waals surface area contributed by atoms with Crippen molar-refractivity contribution in [1.82, 2.24) is 9.97 Å². The van der Waals surface area contributed by atoms with Gasteiger partial charge in [-0.1, -0.05) is 18.2 Å². The van der Waals surface area contributed by atoms with Crippen LogP contribution in [0.5, 0.6) is 0 Å². The van der Waals surface area contributed by atoms with E-state index in [0.717, 1.165) is 0 Å². The van der Waals surface area contributed by atoms with E-state index in [1.807, 2.05) is 6.07 Å². The summed E-state index contributed by atoms with van der Waals surface area (Å²) in [5, 5.41) is 6.14. The highest BCUT2D eigenvalue weighted by atomic mass is 19.1. The number of nitrogens with zero attached hydrogens (tertiary/aromatic N) is 2. The minimum Gasteiger partial charge on any atom is -0.370 e. The Hall–Kier alpha value is -3.02. The van der Waals surface area contributed by atoms with Gasteiger partial charge in [0.1, 0.15) is 17.5 Å². The normalized spacial score (nSPS) is 10.4. The zero-order valence-electron chi connectivity index (χ0n) is 12.8. The lowest BCUT2D eigenvalue weighted by Gasteiger charge is -2.09. The summed E-state index contributed by atoms with van der Waals surface area (Å²) in [5.74, 6) is 0.522. The van der Waals surface area contributed by atoms with Gasteiger partial charge in [-0.15, -0.1) is 0 Å². The Morgan fingerprint density at radius 3 is 2.50 bits per heavy atom. The summed E-state index contributed by atoms with van der Waals surface area (Å²) in [6.45, 7) is 0.550. The Labute approximate surface area is 138 Å². The third kappa shape index (κ3) is 4.25. The van der Waals surface area contributed by atoms with Crippen LogP contribution < -0.4 is 10.6 Å². The van der Waals surface area contributed by atoms with Gasteiger partial charge in [0, 0.05) is 18.4 Å². The van der Waals surface area contributed by atoms with Crippen LogP contribution in [0, 0.1) is 11.6 Å². The summed E-state index contributed by atoms with van der Waals surface area (Å²) in [5.41, 5.74) is 1.35. The minimum absolute atomic E-state index is 0.208. The first-order valence-corrected chi connectivity index (χ1v) is 7.53. The average molecular weight is 326 g/mol. The topological polar surface area (TPSA) is 49.8 Å². The molecule has 6 heteroatoms. The molecule has 0 aliphatic carbocycles. The Bertz CT molecular complexity index is 806. The van der Waals surface area contributed by atoms with E-state index in [9.17, 15) is 8.78 Å². The second-order valence-electron chi connectivity index (χ2n) is 5.17. The van der Waals surface area contributed by atoms with Crippen LogP contribution in [0.1, 0.15) is 5.56 Å². The molecule has 0 aliphatic rings. The number of halogens is 2. The molecule has 122 valence electrons. The smallest absolute Gasteiger partial charge is 0.229 e. The summed E-state index contributed by atoms with van der Waals surface area (Å²) in [4.78, 5) is 8.44. The minimum atomic E-state index is -0.301. The standard InChI is InChI=1S/C18H16F2N4/c19-14-5-7-15(8-6-14)23-18-22-12-10-17(24-18)21-11-9-13-3-1-2-4-16(13)20/h1-8,10,12H,9,11H2,(H2,21,22,23,24). The van der Waals surface area contributed by atoms with Crippen LogP contribution in [0.4, 0.5) is 26.2 Å². The molecule has 0 atom stereocenters. The van der Waals surface area contributed by atoms with Gasteiger partial charge in [-0.25, -0.2) is 13.8 Å². The Balaban J connectivity index is 1.59. The number of nitrogens with one attached hydrogen (secondary N) is 2. The molecule has 4 nitrogen and oxygen atoms in total. The van der Waals surface area contributed by atoms with Crippen LogP contribution in [0.25, 0.3) is 0 Å². The van der Waals surface area contributed by atoms with Gasteiger partial charge >= 0.3 is 0 Å². The van der Waals surface area contributed by atoms with E-state index < -0.39 is 0 Å². The predicted molar refractivity (Wildman–Crippen MR) is 90.3 cm³/mol. The lowest BCUT2D eigenvalue weighted by atomic mass is 10.1. The molecule has 3 rings (SSSR count). The highest BCUT2D eigenvalue weighted by Crippen LogP contribution is 2.15. The maximum Gasteiger partial charge on any atom is 0.229 e. The molecule has 24 heavy (non-hydrogen) atoms.